The summed E-state index contributed by atoms with van der Waals surface area (Å²) in [5.41, 5.74) is 1.04. The predicted octanol–water partition coefficient (Wildman–Crippen LogP) is 4.39. The quantitative estimate of drug-likeness (QED) is 0.383. The summed E-state index contributed by atoms with van der Waals surface area (Å²) in [5, 5.41) is 1.46. The Morgan fingerprint density at radius 3 is 2.70 bits per heavy atom. The lowest BCUT2D eigenvalue weighted by Crippen LogP contribution is -2.08. The summed E-state index contributed by atoms with van der Waals surface area (Å²) in [7, 11) is 0. The molecule has 0 aliphatic carbocycles. The summed E-state index contributed by atoms with van der Waals surface area (Å²) in [6.45, 7) is 7.19. The monoisotopic (exact) mass is 326 g/mol. The number of hydrogen-bond donors (Lipinski definition) is 0. The van der Waals surface area contributed by atoms with Crippen molar-refractivity contribution in [3.05, 3.63) is 64.8 Å². The average Bonchev–Trinajstić information content (AvgIpc) is 2.55. The van der Waals surface area contributed by atoms with Gasteiger partial charge in [-0.1, -0.05) is 24.3 Å². The van der Waals surface area contributed by atoms with Crippen LogP contribution in [0.2, 0.25) is 0 Å². The van der Waals surface area contributed by atoms with Gasteiger partial charge in [0.2, 0.25) is 0 Å². The van der Waals surface area contributed by atoms with Crippen LogP contribution in [0, 0.1) is 0 Å². The van der Waals surface area contributed by atoms with Gasteiger partial charge in [-0.05, 0) is 37.3 Å². The average molecular weight is 326 g/mol. The lowest BCUT2D eigenvalue weighted by Gasteiger charge is -2.08. The van der Waals surface area contributed by atoms with Crippen molar-refractivity contribution >= 4 is 31.5 Å². The molecule has 0 aliphatic heterocycles. The molecule has 4 heteroatoms. The Morgan fingerprint density at radius 1 is 1.09 bits per heavy atom. The van der Waals surface area contributed by atoms with Crippen LogP contribution in [-0.4, -0.2) is 19.8 Å². The van der Waals surface area contributed by atoms with Gasteiger partial charge >= 0.3 is 0 Å². The van der Waals surface area contributed by atoms with Crippen molar-refractivity contribution in [2.24, 2.45) is 0 Å². The topological polar surface area (TPSA) is 35.5 Å². The van der Waals surface area contributed by atoms with Gasteiger partial charge in [0.1, 0.15) is 12.4 Å². The lowest BCUT2D eigenvalue weighted by atomic mass is 10.2. The van der Waals surface area contributed by atoms with Crippen LogP contribution in [0.25, 0.3) is 20.2 Å². The predicted molar refractivity (Wildman–Crippen MR) is 96.7 cm³/mol. The molecule has 0 bridgehead atoms. The van der Waals surface area contributed by atoms with Gasteiger partial charge in [0, 0.05) is 20.2 Å². The van der Waals surface area contributed by atoms with E-state index in [-0.39, 0.29) is 5.43 Å². The van der Waals surface area contributed by atoms with Crippen molar-refractivity contribution in [1.29, 1.82) is 0 Å². The lowest BCUT2D eigenvalue weighted by molar-refractivity contribution is 0.117. The zero-order valence-electron chi connectivity index (χ0n) is 13.0. The second kappa shape index (κ2) is 6.94. The first-order valence-corrected chi connectivity index (χ1v) is 8.27. The van der Waals surface area contributed by atoms with Crippen LogP contribution < -0.4 is 10.2 Å². The van der Waals surface area contributed by atoms with E-state index >= 15 is 0 Å². The molecular weight excluding hydrogens is 308 g/mol. The largest absolute Gasteiger partial charge is 0.491 e. The minimum Gasteiger partial charge on any atom is -0.491 e. The number of fused-ring (bicyclic) bond motifs is 2. The number of benzene rings is 2. The molecule has 0 spiro atoms. The molecule has 1 aromatic heterocycles. The molecule has 0 fully saturated rings. The van der Waals surface area contributed by atoms with Crippen LogP contribution in [0.3, 0.4) is 0 Å². The van der Waals surface area contributed by atoms with Crippen LogP contribution in [0.4, 0.5) is 0 Å². The molecule has 0 amide bonds. The molecule has 2 aromatic carbocycles. The fourth-order valence-corrected chi connectivity index (χ4v) is 3.39. The summed E-state index contributed by atoms with van der Waals surface area (Å²) in [5.74, 6) is 0.691. The molecule has 1 heterocycles. The summed E-state index contributed by atoms with van der Waals surface area (Å²) in [6.07, 6.45) is 0. The van der Waals surface area contributed by atoms with Crippen LogP contribution in [0.1, 0.15) is 6.92 Å². The van der Waals surface area contributed by atoms with E-state index in [2.05, 4.69) is 6.58 Å². The maximum Gasteiger partial charge on any atom is 0.196 e. The molecule has 0 unspecified atom stereocenters. The summed E-state index contributed by atoms with van der Waals surface area (Å²) in [4.78, 5) is 12.6. The highest BCUT2D eigenvalue weighted by molar-refractivity contribution is 7.24. The number of rotatable bonds is 6. The van der Waals surface area contributed by atoms with E-state index in [4.69, 9.17) is 9.47 Å². The molecule has 3 nitrogen and oxygen atoms in total. The van der Waals surface area contributed by atoms with Crippen molar-refractivity contribution in [2.75, 3.05) is 19.8 Å². The van der Waals surface area contributed by atoms with Gasteiger partial charge in [0.05, 0.1) is 13.2 Å². The molecule has 0 atom stereocenters. The fourth-order valence-electron chi connectivity index (χ4n) is 2.34. The third-order valence-corrected chi connectivity index (χ3v) is 4.54. The van der Waals surface area contributed by atoms with E-state index in [0.29, 0.717) is 31.0 Å². The zero-order valence-corrected chi connectivity index (χ0v) is 13.8. The van der Waals surface area contributed by atoms with Crippen molar-refractivity contribution in [3.8, 4) is 5.75 Å². The normalized spacial score (nSPS) is 11.0. The highest BCUT2D eigenvalue weighted by Gasteiger charge is 2.07. The number of ether oxygens (including phenoxy) is 2. The van der Waals surface area contributed by atoms with Gasteiger partial charge in [-0.15, -0.1) is 11.3 Å². The van der Waals surface area contributed by atoms with Crippen molar-refractivity contribution in [3.63, 3.8) is 0 Å². The molecule has 0 radical (unpaired) electrons. The van der Waals surface area contributed by atoms with E-state index in [1.807, 2.05) is 49.4 Å². The van der Waals surface area contributed by atoms with Crippen molar-refractivity contribution in [1.82, 2.24) is 0 Å². The van der Waals surface area contributed by atoms with Gasteiger partial charge in [-0.25, -0.2) is 0 Å². The Kier molecular flexibility index (Phi) is 4.74. The van der Waals surface area contributed by atoms with E-state index in [9.17, 15) is 4.79 Å². The van der Waals surface area contributed by atoms with E-state index < -0.39 is 0 Å². The summed E-state index contributed by atoms with van der Waals surface area (Å²) >= 11 is 1.62. The SMILES string of the molecule is C=C(C)COCCOc1ccc2sc3ccccc3c(=O)c2c1. The van der Waals surface area contributed by atoms with Gasteiger partial charge in [0.15, 0.2) is 5.43 Å². The Bertz CT molecular complexity index is 911. The minimum atomic E-state index is 0.0540. The highest BCUT2D eigenvalue weighted by Crippen LogP contribution is 2.27. The van der Waals surface area contributed by atoms with Crippen LogP contribution >= 0.6 is 11.3 Å². The zero-order chi connectivity index (χ0) is 16.2. The molecule has 0 aliphatic rings. The Hall–Kier alpha value is -2.17. The minimum absolute atomic E-state index is 0.0540. The molecule has 0 saturated carbocycles. The van der Waals surface area contributed by atoms with E-state index in [1.165, 1.54) is 0 Å². The fraction of sp³-hybridized carbons (Fsp3) is 0.211. The molecule has 23 heavy (non-hydrogen) atoms. The maximum atomic E-state index is 12.6. The first kappa shape index (κ1) is 15.7. The smallest absolute Gasteiger partial charge is 0.196 e. The second-order valence-electron chi connectivity index (χ2n) is 5.44. The van der Waals surface area contributed by atoms with E-state index in [0.717, 1.165) is 20.4 Å². The maximum absolute atomic E-state index is 12.6. The van der Waals surface area contributed by atoms with Gasteiger partial charge in [0.25, 0.3) is 0 Å². The molecule has 0 saturated heterocycles. The molecular formula is C19H18O3S. The molecule has 3 aromatic rings. The van der Waals surface area contributed by atoms with Crippen LogP contribution in [0.15, 0.2) is 59.4 Å². The third-order valence-electron chi connectivity index (χ3n) is 3.39. The molecule has 3 rings (SSSR count). The Labute approximate surface area is 138 Å². The number of hydrogen-bond acceptors (Lipinski definition) is 4. The standard InChI is InChI=1S/C19H18O3S/c1-13(2)12-21-9-10-22-14-7-8-18-16(11-14)19(20)15-5-3-4-6-17(15)23-18/h3-8,11H,1,9-10,12H2,2H3. The molecule has 118 valence electrons. The summed E-state index contributed by atoms with van der Waals surface area (Å²) in [6, 6.07) is 13.3. The van der Waals surface area contributed by atoms with Crippen molar-refractivity contribution < 1.29 is 9.47 Å². The van der Waals surface area contributed by atoms with Crippen molar-refractivity contribution in [2.45, 2.75) is 6.92 Å². The molecule has 0 N–H and O–H groups in total. The van der Waals surface area contributed by atoms with E-state index in [1.54, 1.807) is 11.3 Å². The van der Waals surface area contributed by atoms with Gasteiger partial charge in [-0.2, -0.15) is 0 Å². The highest BCUT2D eigenvalue weighted by atomic mass is 32.1. The van der Waals surface area contributed by atoms with Crippen LogP contribution in [-0.2, 0) is 4.74 Å². The third kappa shape index (κ3) is 3.60. The first-order valence-electron chi connectivity index (χ1n) is 7.46. The second-order valence-corrected chi connectivity index (χ2v) is 6.53. The Balaban J connectivity index is 1.81. The summed E-state index contributed by atoms with van der Waals surface area (Å²) < 4.78 is 13.1. The van der Waals surface area contributed by atoms with Gasteiger partial charge in [-0.3, -0.25) is 4.79 Å². The first-order chi connectivity index (χ1) is 11.1. The Morgan fingerprint density at radius 2 is 1.87 bits per heavy atom. The van der Waals surface area contributed by atoms with Crippen LogP contribution in [0.5, 0.6) is 5.75 Å². The van der Waals surface area contributed by atoms with Gasteiger partial charge < -0.3 is 9.47 Å².